The molecule has 0 spiro atoms. The first-order valence-electron chi connectivity index (χ1n) is 9.21. The van der Waals surface area contributed by atoms with Gasteiger partial charge in [0.1, 0.15) is 18.1 Å². The number of carbonyl (C=O) groups is 1. The number of nitrogens with zero attached hydrogens (tertiary/aromatic N) is 2. The monoisotopic (exact) mass is 389 g/mol. The van der Waals surface area contributed by atoms with Gasteiger partial charge in [0.2, 0.25) is 5.91 Å². The van der Waals surface area contributed by atoms with Crippen molar-refractivity contribution in [3.05, 3.63) is 96.2 Å². The summed E-state index contributed by atoms with van der Waals surface area (Å²) in [6.07, 6.45) is 5.18. The van der Waals surface area contributed by atoms with Crippen LogP contribution in [0.15, 0.2) is 79.3 Å². The molecule has 29 heavy (non-hydrogen) atoms. The Labute approximate surface area is 167 Å². The van der Waals surface area contributed by atoms with E-state index in [0.29, 0.717) is 5.52 Å². The molecule has 1 atom stereocenters. The minimum Gasteiger partial charge on any atom is -0.497 e. The van der Waals surface area contributed by atoms with Crippen molar-refractivity contribution in [3.8, 4) is 5.75 Å². The zero-order valence-electron chi connectivity index (χ0n) is 15.9. The van der Waals surface area contributed by atoms with E-state index in [1.807, 2.05) is 42.5 Å². The molecule has 2 aromatic heterocycles. The maximum absolute atomic E-state index is 13.6. The molecule has 0 aliphatic rings. The highest BCUT2D eigenvalue weighted by Crippen LogP contribution is 2.24. The van der Waals surface area contributed by atoms with E-state index in [-0.39, 0.29) is 24.3 Å². The number of halogens is 1. The Morgan fingerprint density at radius 2 is 1.79 bits per heavy atom. The lowest BCUT2D eigenvalue weighted by molar-refractivity contribution is -0.122. The molecule has 1 N–H and O–H groups in total. The van der Waals surface area contributed by atoms with Crippen LogP contribution in [0.4, 0.5) is 4.39 Å². The second-order valence-corrected chi connectivity index (χ2v) is 6.70. The van der Waals surface area contributed by atoms with Gasteiger partial charge >= 0.3 is 0 Å². The average Bonchev–Trinajstić information content (AvgIpc) is 3.14. The molecule has 5 nitrogen and oxygen atoms in total. The molecule has 0 saturated carbocycles. The van der Waals surface area contributed by atoms with Crippen LogP contribution in [-0.2, 0) is 11.3 Å². The number of pyridine rings is 1. The molecule has 0 aliphatic heterocycles. The van der Waals surface area contributed by atoms with Crippen molar-refractivity contribution in [2.45, 2.75) is 12.6 Å². The van der Waals surface area contributed by atoms with Crippen molar-refractivity contribution in [2.24, 2.45) is 0 Å². The van der Waals surface area contributed by atoms with Gasteiger partial charge in [0.25, 0.3) is 0 Å². The van der Waals surface area contributed by atoms with Crippen molar-refractivity contribution in [2.75, 3.05) is 7.11 Å². The number of amides is 1. The van der Waals surface area contributed by atoms with Crippen LogP contribution in [-0.4, -0.2) is 22.6 Å². The van der Waals surface area contributed by atoms with Crippen LogP contribution >= 0.6 is 0 Å². The summed E-state index contributed by atoms with van der Waals surface area (Å²) >= 11 is 0. The summed E-state index contributed by atoms with van der Waals surface area (Å²) in [6, 6.07) is 17.4. The van der Waals surface area contributed by atoms with Crippen molar-refractivity contribution >= 4 is 16.8 Å². The summed E-state index contributed by atoms with van der Waals surface area (Å²) in [5.41, 5.74) is 2.53. The average molecular weight is 389 g/mol. The fourth-order valence-electron chi connectivity index (χ4n) is 3.37. The number of nitrogens with one attached hydrogen (secondary N) is 1. The van der Waals surface area contributed by atoms with Crippen molar-refractivity contribution in [1.82, 2.24) is 14.9 Å². The summed E-state index contributed by atoms with van der Waals surface area (Å²) < 4.78 is 20.6. The molecule has 2 heterocycles. The van der Waals surface area contributed by atoms with Gasteiger partial charge in [-0.05, 0) is 65.0 Å². The third-order valence-corrected chi connectivity index (χ3v) is 4.84. The van der Waals surface area contributed by atoms with E-state index in [1.165, 1.54) is 12.1 Å². The van der Waals surface area contributed by atoms with Crippen molar-refractivity contribution in [3.63, 3.8) is 0 Å². The molecule has 0 unspecified atom stereocenters. The second-order valence-electron chi connectivity index (χ2n) is 6.70. The molecular weight excluding hydrogens is 369 g/mol. The molecule has 1 amide bonds. The Kier molecular flexibility index (Phi) is 5.24. The highest BCUT2D eigenvalue weighted by Gasteiger charge is 2.18. The second kappa shape index (κ2) is 8.14. The highest BCUT2D eigenvalue weighted by atomic mass is 19.1. The first-order chi connectivity index (χ1) is 14.1. The number of methoxy groups -OCH3 is 1. The number of hydrogen-bond acceptors (Lipinski definition) is 3. The van der Waals surface area contributed by atoms with Gasteiger partial charge < -0.3 is 14.6 Å². The predicted octanol–water partition coefficient (Wildman–Crippen LogP) is 4.09. The quantitative estimate of drug-likeness (QED) is 0.540. The topological polar surface area (TPSA) is 56.1 Å². The van der Waals surface area contributed by atoms with Gasteiger partial charge in [-0.1, -0.05) is 12.1 Å². The zero-order chi connectivity index (χ0) is 20.2. The van der Waals surface area contributed by atoms with E-state index in [0.717, 1.165) is 22.3 Å². The van der Waals surface area contributed by atoms with E-state index in [1.54, 1.807) is 36.3 Å². The van der Waals surface area contributed by atoms with Crippen molar-refractivity contribution in [1.29, 1.82) is 0 Å². The molecule has 6 heteroatoms. The van der Waals surface area contributed by atoms with E-state index < -0.39 is 0 Å². The molecule has 0 radical (unpaired) electrons. The van der Waals surface area contributed by atoms with Crippen LogP contribution in [0.3, 0.4) is 0 Å². The van der Waals surface area contributed by atoms with E-state index in [9.17, 15) is 9.18 Å². The SMILES string of the molecule is COc1ccc([C@@H](NC(=O)Cn2ccc3ccc(F)cc32)c2ccncc2)cc1. The van der Waals surface area contributed by atoms with Crippen LogP contribution in [0.25, 0.3) is 10.9 Å². The molecule has 4 aromatic rings. The first kappa shape index (κ1) is 18.7. The van der Waals surface area contributed by atoms with Gasteiger partial charge in [-0.2, -0.15) is 0 Å². The van der Waals surface area contributed by atoms with Gasteiger partial charge in [-0.15, -0.1) is 0 Å². The predicted molar refractivity (Wildman–Crippen MR) is 109 cm³/mol. The Bertz CT molecular complexity index is 1120. The van der Waals surface area contributed by atoms with Gasteiger partial charge in [0.05, 0.1) is 18.7 Å². The van der Waals surface area contributed by atoms with E-state index >= 15 is 0 Å². The minimum atomic E-state index is -0.338. The summed E-state index contributed by atoms with van der Waals surface area (Å²) in [4.78, 5) is 16.9. The Hall–Kier alpha value is -3.67. The number of carbonyl (C=O) groups excluding carboxylic acids is 1. The maximum atomic E-state index is 13.6. The third-order valence-electron chi connectivity index (χ3n) is 4.84. The molecule has 0 aliphatic carbocycles. The Morgan fingerprint density at radius 1 is 1.07 bits per heavy atom. The maximum Gasteiger partial charge on any atom is 0.240 e. The van der Waals surface area contributed by atoms with Gasteiger partial charge in [-0.3, -0.25) is 9.78 Å². The zero-order valence-corrected chi connectivity index (χ0v) is 15.9. The summed E-state index contributed by atoms with van der Waals surface area (Å²) in [7, 11) is 1.61. The smallest absolute Gasteiger partial charge is 0.240 e. The molecular formula is C23H20FN3O2. The van der Waals surface area contributed by atoms with Crippen LogP contribution in [0.5, 0.6) is 5.75 Å². The number of fused-ring (bicyclic) bond motifs is 1. The van der Waals surface area contributed by atoms with Crippen molar-refractivity contribution < 1.29 is 13.9 Å². The Balaban J connectivity index is 1.59. The van der Waals surface area contributed by atoms with Crippen LogP contribution in [0.2, 0.25) is 0 Å². The van der Waals surface area contributed by atoms with Crippen LogP contribution in [0, 0.1) is 5.82 Å². The number of benzene rings is 2. The molecule has 0 fully saturated rings. The fraction of sp³-hybridized carbons (Fsp3) is 0.130. The number of aromatic nitrogens is 2. The summed E-state index contributed by atoms with van der Waals surface area (Å²) in [5, 5.41) is 3.97. The Morgan fingerprint density at radius 3 is 2.52 bits per heavy atom. The lowest BCUT2D eigenvalue weighted by Crippen LogP contribution is -2.32. The number of rotatable bonds is 6. The standard InChI is InChI=1S/C23H20FN3O2/c1-29-20-6-3-17(4-7-20)23(18-8-11-25-12-9-18)26-22(28)15-27-13-10-16-2-5-19(24)14-21(16)27/h2-14,23H,15H2,1H3,(H,26,28)/t23-/m1/s1. The third kappa shape index (κ3) is 4.11. The van der Waals surface area contributed by atoms with Gasteiger partial charge in [-0.25, -0.2) is 4.39 Å². The summed E-state index contributed by atoms with van der Waals surface area (Å²) in [6.45, 7) is 0.0880. The first-order valence-corrected chi connectivity index (χ1v) is 9.21. The highest BCUT2D eigenvalue weighted by molar-refractivity contribution is 5.83. The minimum absolute atomic E-state index is 0.0880. The molecule has 2 aromatic carbocycles. The normalized spacial score (nSPS) is 11.9. The van der Waals surface area contributed by atoms with E-state index in [4.69, 9.17) is 4.74 Å². The van der Waals surface area contributed by atoms with Crippen LogP contribution in [0.1, 0.15) is 17.2 Å². The largest absolute Gasteiger partial charge is 0.497 e. The molecule has 0 saturated heterocycles. The van der Waals surface area contributed by atoms with Gasteiger partial charge in [0, 0.05) is 18.6 Å². The molecule has 146 valence electrons. The lowest BCUT2D eigenvalue weighted by atomic mass is 9.99. The molecule has 0 bridgehead atoms. The van der Waals surface area contributed by atoms with Crippen LogP contribution < -0.4 is 10.1 Å². The summed E-state index contributed by atoms with van der Waals surface area (Å²) in [5.74, 6) is 0.240. The fourth-order valence-corrected chi connectivity index (χ4v) is 3.37. The number of ether oxygens (including phenoxy) is 1. The van der Waals surface area contributed by atoms with Gasteiger partial charge in [0.15, 0.2) is 0 Å². The molecule has 4 rings (SSSR count). The number of hydrogen-bond donors (Lipinski definition) is 1. The van der Waals surface area contributed by atoms with E-state index in [2.05, 4.69) is 10.3 Å². The lowest BCUT2D eigenvalue weighted by Gasteiger charge is -2.20.